The molecule has 1 amide bonds. The highest BCUT2D eigenvalue weighted by molar-refractivity contribution is 7.89. The molecule has 0 saturated carbocycles. The molecule has 1 saturated heterocycles. The number of rotatable bonds is 4. The SMILES string of the molecule is O=C(c1ccccc1)C1C(=O)c2ccccc2S(=O)(=O)N1CC(=O)N1CCNCC1. The number of ketones is 2. The maximum absolute atomic E-state index is 13.4. The van der Waals surface area contributed by atoms with Crippen LogP contribution in [0.2, 0.25) is 0 Å². The first-order valence-corrected chi connectivity index (χ1v) is 11.1. The number of nitrogens with one attached hydrogen (secondary N) is 1. The van der Waals surface area contributed by atoms with Gasteiger partial charge in [-0.1, -0.05) is 42.5 Å². The predicted octanol–water partition coefficient (Wildman–Crippen LogP) is 0.557. The van der Waals surface area contributed by atoms with Gasteiger partial charge in [0.1, 0.15) is 0 Å². The zero-order valence-corrected chi connectivity index (χ0v) is 17.0. The van der Waals surface area contributed by atoms with Crippen LogP contribution in [0.4, 0.5) is 0 Å². The first kappa shape index (κ1) is 20.4. The summed E-state index contributed by atoms with van der Waals surface area (Å²) in [7, 11) is -4.22. The van der Waals surface area contributed by atoms with Crippen molar-refractivity contribution in [2.45, 2.75) is 10.9 Å². The number of piperazine rings is 1. The lowest BCUT2D eigenvalue weighted by Gasteiger charge is -2.35. The fourth-order valence-corrected chi connectivity index (χ4v) is 5.47. The summed E-state index contributed by atoms with van der Waals surface area (Å²) in [5.74, 6) is -1.70. The minimum atomic E-state index is -4.22. The molecule has 0 aromatic heterocycles. The monoisotopic (exact) mass is 427 g/mol. The number of hydrogen-bond acceptors (Lipinski definition) is 6. The number of amides is 1. The first-order chi connectivity index (χ1) is 14.4. The third kappa shape index (κ3) is 3.55. The molecule has 2 heterocycles. The highest BCUT2D eigenvalue weighted by Gasteiger charge is 2.48. The fourth-order valence-electron chi connectivity index (χ4n) is 3.77. The van der Waals surface area contributed by atoms with E-state index in [1.54, 1.807) is 29.2 Å². The summed E-state index contributed by atoms with van der Waals surface area (Å²) in [5, 5.41) is 3.12. The van der Waals surface area contributed by atoms with Gasteiger partial charge < -0.3 is 10.2 Å². The van der Waals surface area contributed by atoms with E-state index in [2.05, 4.69) is 5.32 Å². The molecule has 30 heavy (non-hydrogen) atoms. The molecule has 9 heteroatoms. The number of benzene rings is 2. The van der Waals surface area contributed by atoms with Gasteiger partial charge in [-0.15, -0.1) is 0 Å². The summed E-state index contributed by atoms with van der Waals surface area (Å²) in [4.78, 5) is 40.6. The zero-order chi connectivity index (χ0) is 21.3. The molecule has 0 spiro atoms. The predicted molar refractivity (Wildman–Crippen MR) is 109 cm³/mol. The van der Waals surface area contributed by atoms with Crippen molar-refractivity contribution in [3.8, 4) is 0 Å². The second-order valence-electron chi connectivity index (χ2n) is 7.17. The number of hydrogen-bond donors (Lipinski definition) is 1. The second kappa shape index (κ2) is 8.10. The van der Waals surface area contributed by atoms with Crippen LogP contribution in [0.15, 0.2) is 59.5 Å². The quantitative estimate of drug-likeness (QED) is 0.565. The fraction of sp³-hybridized carbons (Fsp3) is 0.286. The molecule has 0 bridgehead atoms. The Morgan fingerprint density at radius 3 is 2.30 bits per heavy atom. The van der Waals surface area contributed by atoms with E-state index in [9.17, 15) is 22.8 Å². The smallest absolute Gasteiger partial charge is 0.245 e. The number of carbonyl (C=O) groups is 3. The summed E-state index contributed by atoms with van der Waals surface area (Å²) in [6.45, 7) is 1.52. The molecule has 2 aromatic carbocycles. The summed E-state index contributed by atoms with van der Waals surface area (Å²) < 4.78 is 27.5. The van der Waals surface area contributed by atoms with Gasteiger partial charge in [0.25, 0.3) is 0 Å². The number of carbonyl (C=O) groups excluding carboxylic acids is 3. The summed E-state index contributed by atoms with van der Waals surface area (Å²) in [6, 6.07) is 12.2. The Bertz CT molecular complexity index is 1090. The van der Waals surface area contributed by atoms with Crippen LogP contribution in [0.5, 0.6) is 0 Å². The van der Waals surface area contributed by atoms with Gasteiger partial charge in [0, 0.05) is 37.3 Å². The van der Waals surface area contributed by atoms with Crippen molar-refractivity contribution in [1.29, 1.82) is 0 Å². The van der Waals surface area contributed by atoms with Gasteiger partial charge >= 0.3 is 0 Å². The van der Waals surface area contributed by atoms with E-state index in [0.717, 1.165) is 4.31 Å². The number of fused-ring (bicyclic) bond motifs is 1. The summed E-state index contributed by atoms with van der Waals surface area (Å²) in [5.41, 5.74) is 0.183. The lowest BCUT2D eigenvalue weighted by Crippen LogP contribution is -2.57. The Morgan fingerprint density at radius 1 is 0.967 bits per heavy atom. The van der Waals surface area contributed by atoms with Gasteiger partial charge in [0.15, 0.2) is 17.6 Å². The van der Waals surface area contributed by atoms with Gasteiger partial charge in [-0.05, 0) is 12.1 Å². The van der Waals surface area contributed by atoms with Gasteiger partial charge in [-0.3, -0.25) is 14.4 Å². The van der Waals surface area contributed by atoms with Crippen molar-refractivity contribution >= 4 is 27.5 Å². The minimum Gasteiger partial charge on any atom is -0.339 e. The van der Waals surface area contributed by atoms with Crippen LogP contribution < -0.4 is 5.32 Å². The number of Topliss-reactive ketones (excluding diaryl/α,β-unsaturated/α-hetero) is 2. The third-order valence-electron chi connectivity index (χ3n) is 5.34. The van der Waals surface area contributed by atoms with E-state index in [1.165, 1.54) is 30.3 Å². The molecule has 2 aliphatic heterocycles. The minimum absolute atomic E-state index is 0.0300. The van der Waals surface area contributed by atoms with Crippen molar-refractivity contribution < 1.29 is 22.8 Å². The average molecular weight is 427 g/mol. The van der Waals surface area contributed by atoms with Crippen LogP contribution in [0, 0.1) is 0 Å². The van der Waals surface area contributed by atoms with E-state index >= 15 is 0 Å². The van der Waals surface area contributed by atoms with Crippen LogP contribution in [-0.4, -0.2) is 73.9 Å². The van der Waals surface area contributed by atoms with Crippen LogP contribution >= 0.6 is 0 Å². The molecular formula is C21H21N3O5S. The first-order valence-electron chi connectivity index (χ1n) is 9.64. The second-order valence-corrected chi connectivity index (χ2v) is 9.03. The molecular weight excluding hydrogens is 406 g/mol. The lowest BCUT2D eigenvalue weighted by atomic mass is 9.96. The standard InChI is InChI=1S/C21H21N3O5S/c25-18(23-12-10-22-11-13-23)14-24-19(20(26)15-6-2-1-3-7-15)21(27)16-8-4-5-9-17(16)30(24,28)29/h1-9,19,22H,10-14H2. The number of nitrogens with zero attached hydrogens (tertiary/aromatic N) is 2. The topological polar surface area (TPSA) is 104 Å². The molecule has 2 aromatic rings. The number of sulfonamides is 1. The van der Waals surface area contributed by atoms with Crippen molar-refractivity contribution in [2.75, 3.05) is 32.7 Å². The van der Waals surface area contributed by atoms with Crippen LogP contribution in [0.25, 0.3) is 0 Å². The Kier molecular flexibility index (Phi) is 5.50. The average Bonchev–Trinajstić information content (AvgIpc) is 2.78. The molecule has 2 aliphatic rings. The van der Waals surface area contributed by atoms with E-state index in [0.29, 0.717) is 26.2 Å². The molecule has 1 fully saturated rings. The molecule has 0 radical (unpaired) electrons. The van der Waals surface area contributed by atoms with Gasteiger partial charge in [-0.25, -0.2) is 8.42 Å². The molecule has 1 unspecified atom stereocenters. The Labute approximate surface area is 174 Å². The molecule has 4 rings (SSSR count). The maximum Gasteiger partial charge on any atom is 0.245 e. The molecule has 0 aliphatic carbocycles. The zero-order valence-electron chi connectivity index (χ0n) is 16.2. The Morgan fingerprint density at radius 2 is 1.60 bits per heavy atom. The van der Waals surface area contributed by atoms with Crippen molar-refractivity contribution in [2.24, 2.45) is 0 Å². The van der Waals surface area contributed by atoms with Crippen LogP contribution in [0.3, 0.4) is 0 Å². The molecule has 8 nitrogen and oxygen atoms in total. The van der Waals surface area contributed by atoms with E-state index in [1.807, 2.05) is 0 Å². The molecule has 1 N–H and O–H groups in total. The normalized spacial score (nSPS) is 21.1. The highest BCUT2D eigenvalue weighted by Crippen LogP contribution is 2.31. The molecule has 1 atom stereocenters. The largest absolute Gasteiger partial charge is 0.339 e. The van der Waals surface area contributed by atoms with Crippen LogP contribution in [0.1, 0.15) is 20.7 Å². The van der Waals surface area contributed by atoms with E-state index < -0.39 is 40.1 Å². The van der Waals surface area contributed by atoms with E-state index in [-0.39, 0.29) is 16.0 Å². The third-order valence-corrected chi connectivity index (χ3v) is 7.21. The Balaban J connectivity index is 1.77. The molecule has 156 valence electrons. The van der Waals surface area contributed by atoms with Crippen molar-refractivity contribution in [3.05, 3.63) is 65.7 Å². The van der Waals surface area contributed by atoms with Crippen molar-refractivity contribution in [1.82, 2.24) is 14.5 Å². The van der Waals surface area contributed by atoms with E-state index in [4.69, 9.17) is 0 Å². The summed E-state index contributed by atoms with van der Waals surface area (Å²) in [6.07, 6.45) is 0. The summed E-state index contributed by atoms with van der Waals surface area (Å²) >= 11 is 0. The lowest BCUT2D eigenvalue weighted by molar-refractivity contribution is -0.132. The maximum atomic E-state index is 13.4. The van der Waals surface area contributed by atoms with Crippen LogP contribution in [-0.2, 0) is 14.8 Å². The Hall–Kier alpha value is -2.88. The highest BCUT2D eigenvalue weighted by atomic mass is 32.2. The van der Waals surface area contributed by atoms with Gasteiger partial charge in [0.2, 0.25) is 15.9 Å². The van der Waals surface area contributed by atoms with Crippen molar-refractivity contribution in [3.63, 3.8) is 0 Å². The van der Waals surface area contributed by atoms with Gasteiger partial charge in [-0.2, -0.15) is 4.31 Å². The van der Waals surface area contributed by atoms with Gasteiger partial charge in [0.05, 0.1) is 11.4 Å².